The summed E-state index contributed by atoms with van der Waals surface area (Å²) < 4.78 is 0. The average Bonchev–Trinajstić information content (AvgIpc) is 1.90. The Balaban J connectivity index is 4.25. The van der Waals surface area contributed by atoms with Gasteiger partial charge < -0.3 is 0 Å². The lowest BCUT2D eigenvalue weighted by Gasteiger charge is -1.86. The van der Waals surface area contributed by atoms with Crippen LogP contribution < -0.4 is 0 Å². The second kappa shape index (κ2) is 6.02. The monoisotopic (exact) mass is 135 g/mol. The van der Waals surface area contributed by atoms with Crippen molar-refractivity contribution in [2.45, 2.75) is 6.92 Å². The van der Waals surface area contributed by atoms with Crippen LogP contribution >= 0.6 is 0 Å². The molecule has 0 saturated heterocycles. The quantitative estimate of drug-likeness (QED) is 0.416. The van der Waals surface area contributed by atoms with E-state index >= 15 is 0 Å². The van der Waals surface area contributed by atoms with Gasteiger partial charge in [-0.2, -0.15) is 0 Å². The fraction of sp³-hybridized carbons (Fsp3) is 0.222. The largest absolute Gasteiger partial charge is 0.296 e. The van der Waals surface area contributed by atoms with Crippen LogP contribution in [0.2, 0.25) is 0 Å². The van der Waals surface area contributed by atoms with E-state index in [0.29, 0.717) is 0 Å². The van der Waals surface area contributed by atoms with E-state index < -0.39 is 0 Å². The molecule has 0 unspecified atom stereocenters. The predicted molar refractivity (Wildman–Crippen MR) is 47.5 cm³/mol. The molecule has 0 radical (unpaired) electrons. The van der Waals surface area contributed by atoms with Crippen LogP contribution in [0.15, 0.2) is 41.4 Å². The highest BCUT2D eigenvalue weighted by atomic mass is 14.6. The van der Waals surface area contributed by atoms with Crippen molar-refractivity contribution < 1.29 is 0 Å². The summed E-state index contributed by atoms with van der Waals surface area (Å²) in [6.45, 7) is 5.57. The normalized spacial score (nSPS) is 13.2. The zero-order valence-corrected chi connectivity index (χ0v) is 6.54. The summed E-state index contributed by atoms with van der Waals surface area (Å²) in [6, 6.07) is 0. The van der Waals surface area contributed by atoms with Crippen molar-refractivity contribution in [3.63, 3.8) is 0 Å². The van der Waals surface area contributed by atoms with Gasteiger partial charge in [-0.1, -0.05) is 30.9 Å². The van der Waals surface area contributed by atoms with Crippen LogP contribution in [0.1, 0.15) is 6.92 Å². The fourth-order valence-corrected chi connectivity index (χ4v) is 0.619. The second-order valence-corrected chi connectivity index (χ2v) is 1.79. The van der Waals surface area contributed by atoms with Crippen LogP contribution in [-0.4, -0.2) is 13.3 Å². The summed E-state index contributed by atoms with van der Waals surface area (Å²) in [5.41, 5.74) is 1.07. The Morgan fingerprint density at radius 2 is 2.20 bits per heavy atom. The Hall–Kier alpha value is -1.11. The molecule has 0 aromatic rings. The maximum atomic E-state index is 3.88. The van der Waals surface area contributed by atoms with Gasteiger partial charge in [0.05, 0.1) is 0 Å². The van der Waals surface area contributed by atoms with E-state index in [1.807, 2.05) is 25.2 Å². The minimum atomic E-state index is 1.07. The molecule has 0 heterocycles. The SMILES string of the molecule is C=C/C=C(C=NC)\C=C/C. The highest BCUT2D eigenvalue weighted by Crippen LogP contribution is 1.92. The third-order valence-electron chi connectivity index (χ3n) is 0.948. The van der Waals surface area contributed by atoms with Crippen molar-refractivity contribution in [3.05, 3.63) is 36.5 Å². The first-order chi connectivity index (χ1) is 4.85. The van der Waals surface area contributed by atoms with Gasteiger partial charge in [0, 0.05) is 13.3 Å². The van der Waals surface area contributed by atoms with Gasteiger partial charge in [-0.3, -0.25) is 4.99 Å². The van der Waals surface area contributed by atoms with E-state index in [4.69, 9.17) is 0 Å². The molecule has 0 aromatic heterocycles. The molecule has 1 heteroatoms. The average molecular weight is 135 g/mol. The molecule has 1 nitrogen and oxygen atoms in total. The third kappa shape index (κ3) is 3.84. The molecule has 0 aliphatic heterocycles. The number of hydrogen-bond donors (Lipinski definition) is 0. The summed E-state index contributed by atoms with van der Waals surface area (Å²) in [6.07, 6.45) is 9.40. The molecule has 0 N–H and O–H groups in total. The van der Waals surface area contributed by atoms with Crippen LogP contribution in [0, 0.1) is 0 Å². The third-order valence-corrected chi connectivity index (χ3v) is 0.948. The summed E-state index contributed by atoms with van der Waals surface area (Å²) in [4.78, 5) is 3.88. The second-order valence-electron chi connectivity index (χ2n) is 1.79. The lowest BCUT2D eigenvalue weighted by Crippen LogP contribution is -1.77. The van der Waals surface area contributed by atoms with Gasteiger partial charge >= 0.3 is 0 Å². The Bertz CT molecular complexity index is 159. The maximum absolute atomic E-state index is 3.88. The fourth-order valence-electron chi connectivity index (χ4n) is 0.619. The van der Waals surface area contributed by atoms with Crippen LogP contribution in [-0.2, 0) is 0 Å². The van der Waals surface area contributed by atoms with Gasteiger partial charge in [-0.25, -0.2) is 0 Å². The van der Waals surface area contributed by atoms with E-state index in [2.05, 4.69) is 11.6 Å². The van der Waals surface area contributed by atoms with Crippen molar-refractivity contribution in [2.24, 2.45) is 4.99 Å². The van der Waals surface area contributed by atoms with Crippen molar-refractivity contribution in [1.82, 2.24) is 0 Å². The molecule has 54 valence electrons. The van der Waals surface area contributed by atoms with Gasteiger partial charge in [0.2, 0.25) is 0 Å². The number of allylic oxidation sites excluding steroid dienone is 5. The highest BCUT2D eigenvalue weighted by molar-refractivity contribution is 5.82. The first kappa shape index (κ1) is 8.89. The Kier molecular flexibility index (Phi) is 5.35. The van der Waals surface area contributed by atoms with E-state index in [1.54, 1.807) is 19.3 Å². The van der Waals surface area contributed by atoms with Crippen molar-refractivity contribution in [2.75, 3.05) is 7.05 Å². The number of hydrogen-bond acceptors (Lipinski definition) is 1. The summed E-state index contributed by atoms with van der Waals surface area (Å²) in [5.74, 6) is 0. The first-order valence-electron chi connectivity index (χ1n) is 3.22. The predicted octanol–water partition coefficient (Wildman–Crippen LogP) is 2.38. The molecule has 0 amide bonds. The van der Waals surface area contributed by atoms with Crippen LogP contribution in [0.5, 0.6) is 0 Å². The number of nitrogens with zero attached hydrogens (tertiary/aromatic N) is 1. The van der Waals surface area contributed by atoms with E-state index in [9.17, 15) is 0 Å². The Morgan fingerprint density at radius 1 is 1.50 bits per heavy atom. The molecule has 0 fully saturated rings. The molecule has 0 saturated carbocycles. The van der Waals surface area contributed by atoms with Gasteiger partial charge in [0.15, 0.2) is 0 Å². The summed E-state index contributed by atoms with van der Waals surface area (Å²) in [5, 5.41) is 0. The topological polar surface area (TPSA) is 12.4 Å². The molecule has 0 bridgehead atoms. The lowest BCUT2D eigenvalue weighted by atomic mass is 10.2. The zero-order valence-electron chi connectivity index (χ0n) is 6.54. The van der Waals surface area contributed by atoms with E-state index in [-0.39, 0.29) is 0 Å². The molecule has 0 spiro atoms. The van der Waals surface area contributed by atoms with Gasteiger partial charge in [-0.05, 0) is 12.5 Å². The highest BCUT2D eigenvalue weighted by Gasteiger charge is 1.79. The van der Waals surface area contributed by atoms with Gasteiger partial charge in [0.25, 0.3) is 0 Å². The summed E-state index contributed by atoms with van der Waals surface area (Å²) in [7, 11) is 1.75. The molecule has 0 rings (SSSR count). The van der Waals surface area contributed by atoms with Crippen LogP contribution in [0.25, 0.3) is 0 Å². The van der Waals surface area contributed by atoms with Crippen molar-refractivity contribution >= 4 is 6.21 Å². The molecule has 0 aromatic carbocycles. The van der Waals surface area contributed by atoms with E-state index in [0.717, 1.165) is 5.57 Å². The number of rotatable bonds is 3. The molecular weight excluding hydrogens is 122 g/mol. The van der Waals surface area contributed by atoms with Gasteiger partial charge in [-0.15, -0.1) is 0 Å². The standard InChI is InChI=1S/C9H13N/c1-4-6-9(7-5-2)8-10-3/h4-8H,1H2,2-3H3/b7-5-,9-6+,10-8?. The van der Waals surface area contributed by atoms with Crippen molar-refractivity contribution in [1.29, 1.82) is 0 Å². The van der Waals surface area contributed by atoms with Gasteiger partial charge in [0.1, 0.15) is 0 Å². The molecule has 0 aliphatic carbocycles. The molecule has 0 atom stereocenters. The number of aliphatic imine (C=N–C) groups is 1. The minimum Gasteiger partial charge on any atom is -0.296 e. The van der Waals surface area contributed by atoms with Crippen LogP contribution in [0.3, 0.4) is 0 Å². The molecule has 10 heavy (non-hydrogen) atoms. The zero-order chi connectivity index (χ0) is 7.82. The maximum Gasteiger partial charge on any atom is 0.0281 e. The first-order valence-corrected chi connectivity index (χ1v) is 3.22. The van der Waals surface area contributed by atoms with E-state index in [1.165, 1.54) is 0 Å². The Morgan fingerprint density at radius 3 is 2.60 bits per heavy atom. The van der Waals surface area contributed by atoms with Crippen LogP contribution in [0.4, 0.5) is 0 Å². The lowest BCUT2D eigenvalue weighted by molar-refractivity contribution is 1.46. The minimum absolute atomic E-state index is 1.07. The molecular formula is C9H13N. The molecule has 0 aliphatic rings. The summed E-state index contributed by atoms with van der Waals surface area (Å²) >= 11 is 0. The smallest absolute Gasteiger partial charge is 0.0281 e. The Labute approximate surface area is 62.5 Å². The van der Waals surface area contributed by atoms with Crippen molar-refractivity contribution in [3.8, 4) is 0 Å².